The van der Waals surface area contributed by atoms with Crippen LogP contribution in [0, 0.1) is 0 Å². The lowest BCUT2D eigenvalue weighted by molar-refractivity contribution is 0.628. The number of alkyl halides is 1. The van der Waals surface area contributed by atoms with Gasteiger partial charge in [0.15, 0.2) is 0 Å². The normalized spacial score (nSPS) is 16.3. The number of rotatable bonds is 6. The average Bonchev–Trinajstić information content (AvgIpc) is 2.43. The van der Waals surface area contributed by atoms with Gasteiger partial charge in [0.25, 0.3) is 0 Å². The summed E-state index contributed by atoms with van der Waals surface area (Å²) in [6, 6.07) is 7.15. The Morgan fingerprint density at radius 1 is 1.06 bits per heavy atom. The van der Waals surface area contributed by atoms with Crippen LogP contribution in [0.3, 0.4) is 0 Å². The zero-order chi connectivity index (χ0) is 12.8. The molecule has 0 amide bonds. The van der Waals surface area contributed by atoms with Crippen molar-refractivity contribution in [1.29, 1.82) is 0 Å². The van der Waals surface area contributed by atoms with Gasteiger partial charge in [-0.15, -0.1) is 0 Å². The van der Waals surface area contributed by atoms with Crippen LogP contribution in [-0.4, -0.2) is 0 Å². The van der Waals surface area contributed by atoms with Gasteiger partial charge < -0.3 is 0 Å². The van der Waals surface area contributed by atoms with Crippen LogP contribution < -0.4 is 0 Å². The quantitative estimate of drug-likeness (QED) is 0.448. The van der Waals surface area contributed by atoms with Crippen molar-refractivity contribution >= 4 is 15.9 Å². The third kappa shape index (κ3) is 3.85. The summed E-state index contributed by atoms with van der Waals surface area (Å²) in [5.41, 5.74) is 4.69. The topological polar surface area (TPSA) is 0 Å². The van der Waals surface area contributed by atoms with Crippen molar-refractivity contribution in [3.8, 4) is 0 Å². The predicted molar refractivity (Wildman–Crippen MR) is 83.5 cm³/mol. The van der Waals surface area contributed by atoms with Crippen molar-refractivity contribution in [1.82, 2.24) is 0 Å². The third-order valence-corrected chi connectivity index (χ3v) is 5.03. The van der Waals surface area contributed by atoms with E-state index >= 15 is 0 Å². The zero-order valence-corrected chi connectivity index (χ0v) is 13.1. The third-order valence-electron chi connectivity index (χ3n) is 4.05. The van der Waals surface area contributed by atoms with Gasteiger partial charge in [-0.05, 0) is 48.8 Å². The first-order valence-corrected chi connectivity index (χ1v) is 8.48. The maximum atomic E-state index is 3.87. The molecule has 0 fully saturated rings. The molecule has 100 valence electrons. The SMILES string of the molecule is CCCCCCC(Br)c1ccc2c(c1)CCCC2. The van der Waals surface area contributed by atoms with E-state index in [1.54, 1.807) is 11.1 Å². The molecule has 2 rings (SSSR count). The van der Waals surface area contributed by atoms with Crippen LogP contribution in [0.5, 0.6) is 0 Å². The molecular formula is C17H25Br. The van der Waals surface area contributed by atoms with Crippen LogP contribution in [-0.2, 0) is 12.8 Å². The molecule has 1 heteroatoms. The van der Waals surface area contributed by atoms with E-state index in [0.29, 0.717) is 4.83 Å². The smallest absolute Gasteiger partial charge is 0.0395 e. The summed E-state index contributed by atoms with van der Waals surface area (Å²) in [4.78, 5) is 0.557. The zero-order valence-electron chi connectivity index (χ0n) is 11.6. The largest absolute Gasteiger partial charge is 0.0839 e. The molecule has 0 bridgehead atoms. The Balaban J connectivity index is 1.91. The Bertz CT molecular complexity index is 370. The van der Waals surface area contributed by atoms with Crippen molar-refractivity contribution in [2.75, 3.05) is 0 Å². The van der Waals surface area contributed by atoms with Crippen LogP contribution in [0.1, 0.15) is 73.4 Å². The lowest BCUT2D eigenvalue weighted by Crippen LogP contribution is -2.03. The predicted octanol–water partition coefficient (Wildman–Crippen LogP) is 5.97. The summed E-state index contributed by atoms with van der Waals surface area (Å²) in [6.45, 7) is 2.27. The van der Waals surface area contributed by atoms with E-state index in [-0.39, 0.29) is 0 Å². The molecule has 0 heterocycles. The summed E-state index contributed by atoms with van der Waals surface area (Å²) in [5.74, 6) is 0. The van der Waals surface area contributed by atoms with Crippen molar-refractivity contribution in [2.24, 2.45) is 0 Å². The molecule has 1 aromatic rings. The highest BCUT2D eigenvalue weighted by Gasteiger charge is 2.13. The van der Waals surface area contributed by atoms with E-state index in [0.717, 1.165) is 0 Å². The Kier molecular flexibility index (Phi) is 5.75. The van der Waals surface area contributed by atoms with Gasteiger partial charge in [-0.25, -0.2) is 0 Å². The number of aryl methyl sites for hydroxylation is 2. The first kappa shape index (κ1) is 14.1. The van der Waals surface area contributed by atoms with Gasteiger partial charge >= 0.3 is 0 Å². The molecule has 1 aliphatic rings. The van der Waals surface area contributed by atoms with Crippen molar-refractivity contribution in [2.45, 2.75) is 69.5 Å². The Morgan fingerprint density at radius 3 is 2.61 bits per heavy atom. The van der Waals surface area contributed by atoms with E-state index in [9.17, 15) is 0 Å². The van der Waals surface area contributed by atoms with Crippen LogP contribution in [0.15, 0.2) is 18.2 Å². The highest BCUT2D eigenvalue weighted by molar-refractivity contribution is 9.09. The highest BCUT2D eigenvalue weighted by Crippen LogP contribution is 2.32. The monoisotopic (exact) mass is 308 g/mol. The Labute approximate surface area is 120 Å². The lowest BCUT2D eigenvalue weighted by atomic mass is 9.89. The molecule has 1 unspecified atom stereocenters. The van der Waals surface area contributed by atoms with Gasteiger partial charge in [0.1, 0.15) is 0 Å². The molecule has 0 spiro atoms. The van der Waals surface area contributed by atoms with Gasteiger partial charge in [-0.1, -0.05) is 66.7 Å². The number of hydrogen-bond donors (Lipinski definition) is 0. The van der Waals surface area contributed by atoms with Crippen LogP contribution in [0.2, 0.25) is 0 Å². The summed E-state index contributed by atoms with van der Waals surface area (Å²) < 4.78 is 0. The van der Waals surface area contributed by atoms with E-state index in [1.807, 2.05) is 0 Å². The fraction of sp³-hybridized carbons (Fsp3) is 0.647. The molecular weight excluding hydrogens is 284 g/mol. The molecule has 0 radical (unpaired) electrons. The first-order chi connectivity index (χ1) is 8.81. The summed E-state index contributed by atoms with van der Waals surface area (Å²) in [5, 5.41) is 0. The molecule has 0 aliphatic heterocycles. The highest BCUT2D eigenvalue weighted by atomic mass is 79.9. The number of hydrogen-bond acceptors (Lipinski definition) is 0. The fourth-order valence-corrected chi connectivity index (χ4v) is 3.47. The number of benzene rings is 1. The number of unbranched alkanes of at least 4 members (excludes halogenated alkanes) is 3. The second-order valence-electron chi connectivity index (χ2n) is 5.55. The first-order valence-electron chi connectivity index (χ1n) is 7.57. The van der Waals surface area contributed by atoms with E-state index in [1.165, 1.54) is 63.4 Å². The lowest BCUT2D eigenvalue weighted by Gasteiger charge is -2.18. The Hall–Kier alpha value is -0.300. The van der Waals surface area contributed by atoms with Gasteiger partial charge in [-0.3, -0.25) is 0 Å². The van der Waals surface area contributed by atoms with Crippen molar-refractivity contribution in [3.63, 3.8) is 0 Å². The molecule has 0 aromatic heterocycles. The minimum Gasteiger partial charge on any atom is -0.0839 e. The van der Waals surface area contributed by atoms with Crippen LogP contribution >= 0.6 is 15.9 Å². The van der Waals surface area contributed by atoms with Crippen LogP contribution in [0.25, 0.3) is 0 Å². The van der Waals surface area contributed by atoms with Gasteiger partial charge in [0, 0.05) is 4.83 Å². The summed E-state index contributed by atoms with van der Waals surface area (Å²) in [7, 11) is 0. The van der Waals surface area contributed by atoms with E-state index in [4.69, 9.17) is 0 Å². The average molecular weight is 309 g/mol. The molecule has 0 nitrogen and oxygen atoms in total. The number of halogens is 1. The van der Waals surface area contributed by atoms with Crippen LogP contribution in [0.4, 0.5) is 0 Å². The van der Waals surface area contributed by atoms with Gasteiger partial charge in [-0.2, -0.15) is 0 Å². The minimum absolute atomic E-state index is 0.557. The minimum atomic E-state index is 0.557. The Morgan fingerprint density at radius 2 is 1.83 bits per heavy atom. The van der Waals surface area contributed by atoms with E-state index in [2.05, 4.69) is 41.1 Å². The molecule has 0 saturated carbocycles. The maximum Gasteiger partial charge on any atom is 0.0395 e. The summed E-state index contributed by atoms with van der Waals surface area (Å²) in [6.07, 6.45) is 12.0. The van der Waals surface area contributed by atoms with Gasteiger partial charge in [0.2, 0.25) is 0 Å². The maximum absolute atomic E-state index is 3.87. The molecule has 0 saturated heterocycles. The molecule has 1 aliphatic carbocycles. The molecule has 18 heavy (non-hydrogen) atoms. The van der Waals surface area contributed by atoms with Crippen molar-refractivity contribution < 1.29 is 0 Å². The number of fused-ring (bicyclic) bond motifs is 1. The molecule has 1 aromatic carbocycles. The second-order valence-corrected chi connectivity index (χ2v) is 6.66. The standard InChI is InChI=1S/C17H25Br/c1-2-3-4-5-10-17(18)16-12-11-14-8-6-7-9-15(14)13-16/h11-13,17H,2-10H2,1H3. The fourth-order valence-electron chi connectivity index (χ4n) is 2.87. The summed E-state index contributed by atoms with van der Waals surface area (Å²) >= 11 is 3.87. The molecule has 1 atom stereocenters. The second kappa shape index (κ2) is 7.33. The molecule has 0 N–H and O–H groups in total. The van der Waals surface area contributed by atoms with Gasteiger partial charge in [0.05, 0.1) is 0 Å². The van der Waals surface area contributed by atoms with Crippen molar-refractivity contribution in [3.05, 3.63) is 34.9 Å². The van der Waals surface area contributed by atoms with E-state index < -0.39 is 0 Å².